The quantitative estimate of drug-likeness (QED) is 0.344. The van der Waals surface area contributed by atoms with Crippen LogP contribution in [0.4, 0.5) is 5.95 Å². The Morgan fingerprint density at radius 2 is 1.91 bits per heavy atom. The molecule has 2 aromatic heterocycles. The second-order valence-electron chi connectivity index (χ2n) is 7.04. The van der Waals surface area contributed by atoms with Crippen LogP contribution in [0.25, 0.3) is 22.6 Å². The van der Waals surface area contributed by atoms with E-state index in [0.717, 1.165) is 16.7 Å². The normalized spacial score (nSPS) is 10.4. The molecule has 0 unspecified atom stereocenters. The SMILES string of the molecule is C#Cc1cccc(-c2cc(-c3cn(Cc4cccc(OCC(=O)OC)c4)nn3)nc(N)n2)c1. The highest BCUT2D eigenvalue weighted by Gasteiger charge is 2.11. The highest BCUT2D eigenvalue weighted by atomic mass is 16.6. The molecule has 9 heteroatoms. The fourth-order valence-corrected chi connectivity index (χ4v) is 3.13. The highest BCUT2D eigenvalue weighted by molar-refractivity contribution is 5.71. The van der Waals surface area contributed by atoms with Crippen LogP contribution in [-0.2, 0) is 16.1 Å². The summed E-state index contributed by atoms with van der Waals surface area (Å²) in [5, 5.41) is 8.42. The molecule has 0 aliphatic heterocycles. The Morgan fingerprint density at radius 3 is 2.73 bits per heavy atom. The number of aromatic nitrogens is 5. The Hall–Kier alpha value is -4.71. The predicted molar refractivity (Wildman–Crippen MR) is 122 cm³/mol. The number of nitrogens with two attached hydrogens (primary N) is 1. The number of hydrogen-bond donors (Lipinski definition) is 1. The van der Waals surface area contributed by atoms with E-state index >= 15 is 0 Å². The molecule has 9 nitrogen and oxygen atoms in total. The molecule has 0 saturated carbocycles. The molecule has 0 spiro atoms. The van der Waals surface area contributed by atoms with Crippen LogP contribution in [-0.4, -0.2) is 44.6 Å². The van der Waals surface area contributed by atoms with Gasteiger partial charge in [-0.05, 0) is 35.9 Å². The maximum atomic E-state index is 11.3. The highest BCUT2D eigenvalue weighted by Crippen LogP contribution is 2.24. The van der Waals surface area contributed by atoms with Crippen LogP contribution in [0.3, 0.4) is 0 Å². The van der Waals surface area contributed by atoms with Crippen molar-refractivity contribution >= 4 is 11.9 Å². The van der Waals surface area contributed by atoms with Crippen molar-refractivity contribution in [3.05, 3.63) is 71.9 Å². The number of terminal acetylenes is 1. The number of benzene rings is 2. The lowest BCUT2D eigenvalue weighted by Crippen LogP contribution is -2.12. The monoisotopic (exact) mass is 440 g/mol. The Balaban J connectivity index is 1.54. The first-order valence-corrected chi connectivity index (χ1v) is 9.94. The summed E-state index contributed by atoms with van der Waals surface area (Å²) in [4.78, 5) is 19.9. The number of carbonyl (C=O) groups excluding carboxylic acids is 1. The van der Waals surface area contributed by atoms with Gasteiger partial charge in [-0.3, -0.25) is 0 Å². The minimum absolute atomic E-state index is 0.124. The average molecular weight is 440 g/mol. The molecular weight excluding hydrogens is 420 g/mol. The van der Waals surface area contributed by atoms with Crippen molar-refractivity contribution in [2.45, 2.75) is 6.54 Å². The third-order valence-corrected chi connectivity index (χ3v) is 4.70. The minimum atomic E-state index is -0.448. The van der Waals surface area contributed by atoms with Crippen LogP contribution in [0.2, 0.25) is 0 Å². The number of hydrogen-bond acceptors (Lipinski definition) is 8. The molecule has 0 atom stereocenters. The minimum Gasteiger partial charge on any atom is -0.482 e. The summed E-state index contributed by atoms with van der Waals surface area (Å²) in [6, 6.07) is 16.6. The van der Waals surface area contributed by atoms with Crippen molar-refractivity contribution in [3.63, 3.8) is 0 Å². The van der Waals surface area contributed by atoms with Crippen LogP contribution < -0.4 is 10.5 Å². The summed E-state index contributed by atoms with van der Waals surface area (Å²) < 4.78 is 11.7. The molecule has 2 aromatic carbocycles. The topological polar surface area (TPSA) is 118 Å². The van der Waals surface area contributed by atoms with Crippen molar-refractivity contribution in [1.29, 1.82) is 0 Å². The van der Waals surface area contributed by atoms with E-state index in [1.54, 1.807) is 23.0 Å². The second-order valence-corrected chi connectivity index (χ2v) is 7.04. The molecule has 2 heterocycles. The van der Waals surface area contributed by atoms with Gasteiger partial charge >= 0.3 is 5.97 Å². The lowest BCUT2D eigenvalue weighted by Gasteiger charge is -2.07. The zero-order valence-electron chi connectivity index (χ0n) is 17.8. The molecule has 4 rings (SSSR count). The Kier molecular flexibility index (Phi) is 6.27. The first-order valence-electron chi connectivity index (χ1n) is 9.94. The number of anilines is 1. The molecule has 4 aromatic rings. The zero-order valence-corrected chi connectivity index (χ0v) is 17.8. The molecule has 0 bridgehead atoms. The zero-order chi connectivity index (χ0) is 23.2. The van der Waals surface area contributed by atoms with Gasteiger partial charge in [0, 0.05) is 11.1 Å². The molecule has 0 aliphatic rings. The van der Waals surface area contributed by atoms with E-state index in [0.29, 0.717) is 29.4 Å². The van der Waals surface area contributed by atoms with Crippen LogP contribution in [0.15, 0.2) is 60.8 Å². The maximum Gasteiger partial charge on any atom is 0.343 e. The van der Waals surface area contributed by atoms with Gasteiger partial charge in [0.2, 0.25) is 5.95 Å². The van der Waals surface area contributed by atoms with Crippen molar-refractivity contribution in [3.8, 4) is 40.7 Å². The Bertz CT molecular complexity index is 1340. The van der Waals surface area contributed by atoms with Crippen molar-refractivity contribution < 1.29 is 14.3 Å². The number of rotatable bonds is 7. The summed E-state index contributed by atoms with van der Waals surface area (Å²) in [5.41, 5.74) is 10.2. The van der Waals surface area contributed by atoms with E-state index in [1.165, 1.54) is 7.11 Å². The molecule has 0 radical (unpaired) electrons. The van der Waals surface area contributed by atoms with Gasteiger partial charge in [-0.15, -0.1) is 11.5 Å². The van der Waals surface area contributed by atoms with Crippen molar-refractivity contribution in [2.75, 3.05) is 19.5 Å². The molecule has 33 heavy (non-hydrogen) atoms. The van der Waals surface area contributed by atoms with E-state index in [9.17, 15) is 4.79 Å². The van der Waals surface area contributed by atoms with E-state index in [-0.39, 0.29) is 12.6 Å². The van der Waals surface area contributed by atoms with Gasteiger partial charge in [0.15, 0.2) is 6.61 Å². The average Bonchev–Trinajstić information content (AvgIpc) is 3.31. The molecule has 0 saturated heterocycles. The van der Waals surface area contributed by atoms with E-state index in [2.05, 4.69) is 30.9 Å². The van der Waals surface area contributed by atoms with E-state index < -0.39 is 5.97 Å². The summed E-state index contributed by atoms with van der Waals surface area (Å²) in [5.74, 6) is 2.84. The van der Waals surface area contributed by atoms with Gasteiger partial charge < -0.3 is 15.2 Å². The van der Waals surface area contributed by atoms with Gasteiger partial charge in [0.1, 0.15) is 11.4 Å². The van der Waals surface area contributed by atoms with E-state index in [1.807, 2.05) is 42.5 Å². The first-order chi connectivity index (χ1) is 16.0. The van der Waals surface area contributed by atoms with Crippen LogP contribution >= 0.6 is 0 Å². The lowest BCUT2D eigenvalue weighted by atomic mass is 10.1. The summed E-state index contributed by atoms with van der Waals surface area (Å²) in [7, 11) is 1.31. The van der Waals surface area contributed by atoms with Gasteiger partial charge in [-0.25, -0.2) is 19.4 Å². The standard InChI is InChI=1S/C24H20N6O3/c1-3-16-6-4-8-18(10-16)20-12-21(27-24(25)26-20)22-14-30(29-28-22)13-17-7-5-9-19(11-17)33-15-23(31)32-2/h1,4-12,14H,13,15H2,2H3,(H2,25,26,27). The number of nitrogen functional groups attached to an aromatic ring is 1. The first kappa shape index (κ1) is 21.5. The van der Waals surface area contributed by atoms with Gasteiger partial charge in [-0.1, -0.05) is 35.4 Å². The largest absolute Gasteiger partial charge is 0.482 e. The Morgan fingerprint density at radius 1 is 1.09 bits per heavy atom. The maximum absolute atomic E-state index is 11.3. The number of ether oxygens (including phenoxy) is 2. The predicted octanol–water partition coefficient (Wildman–Crippen LogP) is 2.57. The van der Waals surface area contributed by atoms with Crippen LogP contribution in [0, 0.1) is 12.3 Å². The van der Waals surface area contributed by atoms with Gasteiger partial charge in [0.25, 0.3) is 0 Å². The van der Waals surface area contributed by atoms with Crippen molar-refractivity contribution in [1.82, 2.24) is 25.0 Å². The third-order valence-electron chi connectivity index (χ3n) is 4.70. The van der Waals surface area contributed by atoms with Crippen molar-refractivity contribution in [2.24, 2.45) is 0 Å². The molecule has 0 aliphatic carbocycles. The third kappa shape index (κ3) is 5.32. The number of methoxy groups -OCH3 is 1. The summed E-state index contributed by atoms with van der Waals surface area (Å²) >= 11 is 0. The summed E-state index contributed by atoms with van der Waals surface area (Å²) in [6.07, 6.45) is 7.27. The number of nitrogens with zero attached hydrogens (tertiary/aromatic N) is 5. The van der Waals surface area contributed by atoms with E-state index in [4.69, 9.17) is 16.9 Å². The smallest absolute Gasteiger partial charge is 0.343 e. The molecular formula is C24H20N6O3. The molecule has 0 amide bonds. The number of carbonyl (C=O) groups is 1. The fraction of sp³-hybridized carbons (Fsp3) is 0.125. The Labute approximate surface area is 190 Å². The number of esters is 1. The van der Waals surface area contributed by atoms with Crippen LogP contribution in [0.1, 0.15) is 11.1 Å². The van der Waals surface area contributed by atoms with Gasteiger partial charge in [0.05, 0.1) is 31.2 Å². The molecule has 2 N–H and O–H groups in total. The summed E-state index contributed by atoms with van der Waals surface area (Å²) in [6.45, 7) is 0.287. The van der Waals surface area contributed by atoms with Gasteiger partial charge in [-0.2, -0.15) is 0 Å². The molecule has 164 valence electrons. The second kappa shape index (κ2) is 9.62. The lowest BCUT2D eigenvalue weighted by molar-refractivity contribution is -0.142. The fourth-order valence-electron chi connectivity index (χ4n) is 3.13. The van der Waals surface area contributed by atoms with Crippen LogP contribution in [0.5, 0.6) is 5.75 Å². The molecule has 0 fully saturated rings.